The average molecular weight is 246 g/mol. The van der Waals surface area contributed by atoms with Crippen LogP contribution in [0.15, 0.2) is 18.2 Å². The molecule has 0 aromatic heterocycles. The topological polar surface area (TPSA) is 96.2 Å². The van der Waals surface area contributed by atoms with Crippen molar-refractivity contribution < 1.29 is 4.92 Å². The zero-order chi connectivity index (χ0) is 13.3. The van der Waals surface area contributed by atoms with Crippen molar-refractivity contribution in [1.29, 1.82) is 5.26 Å². The number of nitro groups is 1. The van der Waals surface area contributed by atoms with Gasteiger partial charge in [0.05, 0.1) is 4.92 Å². The normalized spacial score (nSPS) is 22.8. The van der Waals surface area contributed by atoms with Crippen LogP contribution in [0.4, 0.5) is 11.4 Å². The van der Waals surface area contributed by atoms with Crippen molar-refractivity contribution in [3.63, 3.8) is 0 Å². The SMILES string of the molecule is CC1CN(c2ccc(C#N)c([N+](=O)[O-])c2)CC1N. The first-order chi connectivity index (χ1) is 8.52. The smallest absolute Gasteiger partial charge is 0.289 e. The van der Waals surface area contributed by atoms with Gasteiger partial charge in [-0.1, -0.05) is 6.92 Å². The molecule has 1 aliphatic rings. The maximum atomic E-state index is 10.9. The highest BCUT2D eigenvalue weighted by atomic mass is 16.6. The van der Waals surface area contributed by atoms with E-state index in [2.05, 4.69) is 6.92 Å². The first-order valence-electron chi connectivity index (χ1n) is 5.72. The molecule has 0 amide bonds. The molecule has 1 aliphatic heterocycles. The van der Waals surface area contributed by atoms with E-state index in [4.69, 9.17) is 11.0 Å². The Balaban J connectivity index is 2.34. The fraction of sp³-hybridized carbons (Fsp3) is 0.417. The summed E-state index contributed by atoms with van der Waals surface area (Å²) in [5, 5.41) is 19.7. The maximum absolute atomic E-state index is 10.9. The fourth-order valence-electron chi connectivity index (χ4n) is 2.17. The summed E-state index contributed by atoms with van der Waals surface area (Å²) in [5.74, 6) is 0.361. The number of nitro benzene ring substituents is 1. The predicted molar refractivity (Wildman–Crippen MR) is 67.2 cm³/mol. The molecule has 2 unspecified atom stereocenters. The van der Waals surface area contributed by atoms with Crippen molar-refractivity contribution in [2.24, 2.45) is 11.7 Å². The van der Waals surface area contributed by atoms with E-state index in [0.29, 0.717) is 12.5 Å². The molecule has 2 N–H and O–H groups in total. The molecule has 1 saturated heterocycles. The summed E-state index contributed by atoms with van der Waals surface area (Å²) in [6.07, 6.45) is 0. The molecule has 1 fully saturated rings. The number of nitrogens with zero attached hydrogens (tertiary/aromatic N) is 3. The van der Waals surface area contributed by atoms with Crippen LogP contribution in [0.5, 0.6) is 0 Å². The molecular formula is C12H14N4O2. The van der Waals surface area contributed by atoms with E-state index in [1.165, 1.54) is 12.1 Å². The van der Waals surface area contributed by atoms with Crippen molar-refractivity contribution in [2.75, 3.05) is 18.0 Å². The molecule has 0 bridgehead atoms. The quantitative estimate of drug-likeness (QED) is 0.625. The number of nitriles is 1. The van der Waals surface area contributed by atoms with Gasteiger partial charge in [0.25, 0.3) is 5.69 Å². The van der Waals surface area contributed by atoms with Crippen LogP contribution in [0, 0.1) is 27.4 Å². The van der Waals surface area contributed by atoms with Crippen molar-refractivity contribution in [3.05, 3.63) is 33.9 Å². The summed E-state index contributed by atoms with van der Waals surface area (Å²) in [6.45, 7) is 3.52. The molecule has 0 aliphatic carbocycles. The Bertz CT molecular complexity index is 513. The van der Waals surface area contributed by atoms with E-state index in [1.807, 2.05) is 11.0 Å². The van der Waals surface area contributed by atoms with Gasteiger partial charge in [-0.05, 0) is 18.1 Å². The minimum atomic E-state index is -0.526. The molecule has 6 heteroatoms. The molecule has 1 aromatic rings. The van der Waals surface area contributed by atoms with E-state index < -0.39 is 4.92 Å². The molecule has 1 aromatic carbocycles. The van der Waals surface area contributed by atoms with E-state index in [9.17, 15) is 10.1 Å². The highest BCUT2D eigenvalue weighted by Gasteiger charge is 2.28. The Kier molecular flexibility index (Phi) is 3.17. The Morgan fingerprint density at radius 3 is 2.78 bits per heavy atom. The van der Waals surface area contributed by atoms with Crippen LogP contribution in [0.25, 0.3) is 0 Å². The maximum Gasteiger partial charge on any atom is 0.289 e. The van der Waals surface area contributed by atoms with Gasteiger partial charge in [-0.15, -0.1) is 0 Å². The average Bonchev–Trinajstić information content (AvgIpc) is 2.68. The van der Waals surface area contributed by atoms with Crippen molar-refractivity contribution >= 4 is 11.4 Å². The van der Waals surface area contributed by atoms with Gasteiger partial charge in [-0.2, -0.15) is 5.26 Å². The third kappa shape index (κ3) is 2.13. The first kappa shape index (κ1) is 12.3. The Hall–Kier alpha value is -2.13. The summed E-state index contributed by atoms with van der Waals surface area (Å²) in [5.41, 5.74) is 6.62. The molecule has 94 valence electrons. The standard InChI is InChI=1S/C12H14N4O2/c1-8-6-15(7-11(8)14)10-3-2-9(5-13)12(4-10)16(17)18/h2-4,8,11H,6-7,14H2,1H3. The fourth-order valence-corrected chi connectivity index (χ4v) is 2.17. The van der Waals surface area contributed by atoms with E-state index in [0.717, 1.165) is 12.2 Å². The summed E-state index contributed by atoms with van der Waals surface area (Å²) in [7, 11) is 0. The predicted octanol–water partition coefficient (Wildman–Crippen LogP) is 1.25. The van der Waals surface area contributed by atoms with Crippen LogP contribution in [0.3, 0.4) is 0 Å². The summed E-state index contributed by atoms with van der Waals surface area (Å²) >= 11 is 0. The lowest BCUT2D eigenvalue weighted by molar-refractivity contribution is -0.385. The number of benzene rings is 1. The summed E-state index contributed by atoms with van der Waals surface area (Å²) in [4.78, 5) is 12.4. The molecule has 2 rings (SSSR count). The van der Waals surface area contributed by atoms with Gasteiger partial charge in [-0.3, -0.25) is 10.1 Å². The second-order valence-corrected chi connectivity index (χ2v) is 4.62. The number of nitrogens with two attached hydrogens (primary N) is 1. The van der Waals surface area contributed by atoms with Crippen LogP contribution < -0.4 is 10.6 Å². The summed E-state index contributed by atoms with van der Waals surface area (Å²) in [6, 6.07) is 6.58. The van der Waals surface area contributed by atoms with Gasteiger partial charge < -0.3 is 10.6 Å². The van der Waals surface area contributed by atoms with Crippen molar-refractivity contribution in [3.8, 4) is 6.07 Å². The molecule has 18 heavy (non-hydrogen) atoms. The van der Waals surface area contributed by atoms with Gasteiger partial charge in [0.2, 0.25) is 0 Å². The summed E-state index contributed by atoms with van der Waals surface area (Å²) < 4.78 is 0. The highest BCUT2D eigenvalue weighted by Crippen LogP contribution is 2.28. The highest BCUT2D eigenvalue weighted by molar-refractivity contribution is 5.60. The van der Waals surface area contributed by atoms with Gasteiger partial charge in [-0.25, -0.2) is 0 Å². The Morgan fingerprint density at radius 2 is 2.28 bits per heavy atom. The number of anilines is 1. The monoisotopic (exact) mass is 246 g/mol. The second kappa shape index (κ2) is 4.63. The van der Waals surface area contributed by atoms with Gasteiger partial charge in [0, 0.05) is 30.9 Å². The number of rotatable bonds is 2. The molecular weight excluding hydrogens is 232 g/mol. The first-order valence-corrected chi connectivity index (χ1v) is 5.72. The minimum Gasteiger partial charge on any atom is -0.369 e. The largest absolute Gasteiger partial charge is 0.369 e. The third-order valence-electron chi connectivity index (χ3n) is 3.33. The lowest BCUT2D eigenvalue weighted by atomic mass is 10.1. The molecule has 1 heterocycles. The zero-order valence-corrected chi connectivity index (χ0v) is 10.0. The Morgan fingerprint density at radius 1 is 1.56 bits per heavy atom. The lowest BCUT2D eigenvalue weighted by Crippen LogP contribution is -2.28. The van der Waals surface area contributed by atoms with Gasteiger partial charge in [0.15, 0.2) is 0 Å². The van der Waals surface area contributed by atoms with E-state index >= 15 is 0 Å². The van der Waals surface area contributed by atoms with Crippen LogP contribution >= 0.6 is 0 Å². The molecule has 0 radical (unpaired) electrons. The van der Waals surface area contributed by atoms with Gasteiger partial charge >= 0.3 is 0 Å². The van der Waals surface area contributed by atoms with E-state index in [-0.39, 0.29) is 17.3 Å². The zero-order valence-electron chi connectivity index (χ0n) is 10.0. The Labute approximate surface area is 105 Å². The van der Waals surface area contributed by atoms with Gasteiger partial charge in [0.1, 0.15) is 11.6 Å². The molecule has 0 saturated carbocycles. The van der Waals surface area contributed by atoms with E-state index in [1.54, 1.807) is 6.07 Å². The molecule has 6 nitrogen and oxygen atoms in total. The van der Waals surface area contributed by atoms with Crippen LogP contribution in [0.1, 0.15) is 12.5 Å². The molecule has 0 spiro atoms. The van der Waals surface area contributed by atoms with Crippen molar-refractivity contribution in [2.45, 2.75) is 13.0 Å². The minimum absolute atomic E-state index is 0.0831. The molecule has 2 atom stereocenters. The van der Waals surface area contributed by atoms with Crippen LogP contribution in [0.2, 0.25) is 0 Å². The second-order valence-electron chi connectivity index (χ2n) is 4.62. The van der Waals surface area contributed by atoms with Crippen molar-refractivity contribution in [1.82, 2.24) is 0 Å². The lowest BCUT2D eigenvalue weighted by Gasteiger charge is -2.17. The third-order valence-corrected chi connectivity index (χ3v) is 3.33. The van der Waals surface area contributed by atoms with Crippen LogP contribution in [-0.2, 0) is 0 Å². The number of hydrogen-bond donors (Lipinski definition) is 1. The van der Waals surface area contributed by atoms with Crippen LogP contribution in [-0.4, -0.2) is 24.1 Å². The number of hydrogen-bond acceptors (Lipinski definition) is 5.